The highest BCUT2D eigenvalue weighted by Crippen LogP contribution is 2.26. The van der Waals surface area contributed by atoms with Crippen LogP contribution in [0.4, 0.5) is 0 Å². The smallest absolute Gasteiger partial charge is 0.343 e. The number of esters is 3. The number of benzene rings is 3. The maximum atomic E-state index is 12.7. The summed E-state index contributed by atoms with van der Waals surface area (Å²) in [5, 5.41) is 0. The van der Waals surface area contributed by atoms with Crippen LogP contribution in [0.15, 0.2) is 97.6 Å². The van der Waals surface area contributed by atoms with E-state index in [1.54, 1.807) is 36.4 Å². The zero-order chi connectivity index (χ0) is 35.4. The zero-order valence-electron chi connectivity index (χ0n) is 29.1. The minimum atomic E-state index is -0.420. The van der Waals surface area contributed by atoms with Crippen LogP contribution in [0.3, 0.4) is 0 Å². The molecule has 0 amide bonds. The van der Waals surface area contributed by atoms with Crippen molar-refractivity contribution in [3.8, 4) is 28.4 Å². The molecule has 0 radical (unpaired) electrons. The molecule has 266 valence electrons. The molecule has 1 saturated heterocycles. The molecule has 0 N–H and O–H groups in total. The number of hydrogen-bond acceptors (Lipinski definition) is 8. The molecule has 8 nitrogen and oxygen atoms in total. The first kappa shape index (κ1) is 38.0. The molecule has 3 aromatic rings. The van der Waals surface area contributed by atoms with Gasteiger partial charge in [-0.1, -0.05) is 69.5 Å². The molecule has 1 unspecified atom stereocenters. The average Bonchev–Trinajstić information content (AvgIpc) is 3.46. The van der Waals surface area contributed by atoms with E-state index >= 15 is 0 Å². The lowest BCUT2D eigenvalue weighted by atomic mass is 10.0. The molecule has 0 aliphatic carbocycles. The van der Waals surface area contributed by atoms with Crippen molar-refractivity contribution in [2.45, 2.75) is 89.6 Å². The summed E-state index contributed by atoms with van der Waals surface area (Å²) in [6, 6.07) is 22.4. The van der Waals surface area contributed by atoms with Gasteiger partial charge in [-0.05, 0) is 105 Å². The highest BCUT2D eigenvalue weighted by molar-refractivity contribution is 5.91. The van der Waals surface area contributed by atoms with E-state index in [4.69, 9.17) is 23.7 Å². The lowest BCUT2D eigenvalue weighted by Gasteiger charge is -2.09. The quantitative estimate of drug-likeness (QED) is 0.0422. The maximum Gasteiger partial charge on any atom is 0.343 e. The molecule has 0 spiro atoms. The van der Waals surface area contributed by atoms with Crippen LogP contribution in [0.2, 0.25) is 0 Å². The summed E-state index contributed by atoms with van der Waals surface area (Å²) >= 11 is 0. The summed E-state index contributed by atoms with van der Waals surface area (Å²) in [4.78, 5) is 35.1. The molecule has 1 aliphatic rings. The highest BCUT2D eigenvalue weighted by atomic mass is 16.6. The van der Waals surface area contributed by atoms with Crippen LogP contribution < -0.4 is 14.2 Å². The molecule has 0 aromatic heterocycles. The molecule has 0 bridgehead atoms. The summed E-state index contributed by atoms with van der Waals surface area (Å²) in [6.07, 6.45) is 14.5. The molecule has 0 saturated carbocycles. The Morgan fingerprint density at radius 1 is 0.660 bits per heavy atom. The molecular formula is C42H50O8. The molecule has 1 heterocycles. The van der Waals surface area contributed by atoms with Crippen LogP contribution >= 0.6 is 0 Å². The summed E-state index contributed by atoms with van der Waals surface area (Å²) in [5.41, 5.74) is 3.10. The molecular weight excluding hydrogens is 632 g/mol. The molecule has 1 atom stereocenters. The minimum Gasteiger partial charge on any atom is -0.494 e. The van der Waals surface area contributed by atoms with Gasteiger partial charge >= 0.3 is 17.9 Å². The predicted octanol–water partition coefficient (Wildman–Crippen LogP) is 9.61. The Morgan fingerprint density at radius 2 is 1.14 bits per heavy atom. The van der Waals surface area contributed by atoms with Gasteiger partial charge in [0.2, 0.25) is 0 Å². The van der Waals surface area contributed by atoms with Gasteiger partial charge in [-0.25, -0.2) is 14.4 Å². The van der Waals surface area contributed by atoms with Gasteiger partial charge in [0.25, 0.3) is 0 Å². The third-order valence-corrected chi connectivity index (χ3v) is 8.54. The van der Waals surface area contributed by atoms with Crippen molar-refractivity contribution in [3.63, 3.8) is 0 Å². The van der Waals surface area contributed by atoms with Crippen molar-refractivity contribution in [3.05, 3.63) is 103 Å². The molecule has 1 fully saturated rings. The third-order valence-electron chi connectivity index (χ3n) is 8.54. The number of carbonyl (C=O) groups excluding carboxylic acids is 3. The standard InChI is InChI=1S/C42H50O8/c1-3-40(43)48-30-14-10-9-13-29-46-36-22-16-33(17-23-36)34-18-26-38(27-19-34)49-42(45)35-20-24-37(25-21-35)47-28-12-8-6-4-5-7-11-15-39-31-32(2)41(44)50-39/h3,16-27,39H,1-2,4-15,28-31H2. The lowest BCUT2D eigenvalue weighted by molar-refractivity contribution is -0.139. The Bertz CT molecular complexity index is 1490. The van der Waals surface area contributed by atoms with Crippen LogP contribution in [0, 0.1) is 0 Å². The van der Waals surface area contributed by atoms with Crippen molar-refractivity contribution in [2.24, 2.45) is 0 Å². The summed E-state index contributed by atoms with van der Waals surface area (Å²) in [5.74, 6) is 0.993. The fraction of sp³-hybridized carbons (Fsp3) is 0.405. The number of ether oxygens (including phenoxy) is 5. The monoisotopic (exact) mass is 682 g/mol. The average molecular weight is 683 g/mol. The molecule has 8 heteroatoms. The second-order valence-corrected chi connectivity index (χ2v) is 12.5. The SMILES string of the molecule is C=CC(=O)OCCCCCCOc1ccc(-c2ccc(OC(=O)c3ccc(OCCCCCCCCCC4CC(=C)C(=O)O4)cc3)cc2)cc1. The Balaban J connectivity index is 1.05. The number of hydrogen-bond donors (Lipinski definition) is 0. The van der Waals surface area contributed by atoms with Gasteiger partial charge in [-0.15, -0.1) is 0 Å². The topological polar surface area (TPSA) is 97.4 Å². The molecule has 1 aliphatic heterocycles. The first-order chi connectivity index (χ1) is 24.4. The Kier molecular flexibility index (Phi) is 16.2. The predicted molar refractivity (Wildman–Crippen MR) is 194 cm³/mol. The number of carbonyl (C=O) groups is 3. The second-order valence-electron chi connectivity index (χ2n) is 12.5. The molecule has 50 heavy (non-hydrogen) atoms. The first-order valence-electron chi connectivity index (χ1n) is 17.9. The van der Waals surface area contributed by atoms with Crippen LogP contribution in [0.25, 0.3) is 11.1 Å². The van der Waals surface area contributed by atoms with Crippen molar-refractivity contribution in [1.29, 1.82) is 0 Å². The van der Waals surface area contributed by atoms with E-state index in [1.807, 2.05) is 36.4 Å². The fourth-order valence-corrected chi connectivity index (χ4v) is 5.64. The Hall–Kier alpha value is -4.85. The first-order valence-corrected chi connectivity index (χ1v) is 17.9. The summed E-state index contributed by atoms with van der Waals surface area (Å²) in [7, 11) is 0. The van der Waals surface area contributed by atoms with Gasteiger partial charge in [0.05, 0.1) is 25.4 Å². The summed E-state index contributed by atoms with van der Waals surface area (Å²) in [6.45, 7) is 8.81. The van der Waals surface area contributed by atoms with E-state index in [0.717, 1.165) is 80.4 Å². The number of unbranched alkanes of at least 4 members (excludes halogenated alkanes) is 9. The van der Waals surface area contributed by atoms with E-state index < -0.39 is 5.97 Å². The van der Waals surface area contributed by atoms with Gasteiger partial charge < -0.3 is 23.7 Å². The summed E-state index contributed by atoms with van der Waals surface area (Å²) < 4.78 is 27.6. The molecule has 4 rings (SSSR count). The van der Waals surface area contributed by atoms with Crippen molar-refractivity contribution in [1.82, 2.24) is 0 Å². The van der Waals surface area contributed by atoms with Crippen LogP contribution in [0.1, 0.15) is 93.8 Å². The maximum absolute atomic E-state index is 12.7. The van der Waals surface area contributed by atoms with Crippen LogP contribution in [-0.2, 0) is 19.1 Å². The highest BCUT2D eigenvalue weighted by Gasteiger charge is 2.26. The normalized spacial score (nSPS) is 13.8. The van der Waals surface area contributed by atoms with Gasteiger partial charge in [0.15, 0.2) is 0 Å². The van der Waals surface area contributed by atoms with Crippen molar-refractivity contribution < 1.29 is 38.1 Å². The Labute approximate surface area is 296 Å². The van der Waals surface area contributed by atoms with E-state index in [-0.39, 0.29) is 18.0 Å². The van der Waals surface area contributed by atoms with Crippen molar-refractivity contribution in [2.75, 3.05) is 19.8 Å². The van der Waals surface area contributed by atoms with E-state index in [1.165, 1.54) is 25.3 Å². The number of rotatable bonds is 23. The lowest BCUT2D eigenvalue weighted by Crippen LogP contribution is -2.08. The minimum absolute atomic E-state index is 0.0332. The third kappa shape index (κ3) is 13.6. The Morgan fingerprint density at radius 3 is 1.66 bits per heavy atom. The van der Waals surface area contributed by atoms with E-state index in [0.29, 0.717) is 43.1 Å². The van der Waals surface area contributed by atoms with Gasteiger partial charge in [-0.2, -0.15) is 0 Å². The second kappa shape index (κ2) is 21.3. The fourth-order valence-electron chi connectivity index (χ4n) is 5.64. The largest absolute Gasteiger partial charge is 0.494 e. The van der Waals surface area contributed by atoms with Crippen LogP contribution in [-0.4, -0.2) is 43.8 Å². The van der Waals surface area contributed by atoms with Gasteiger partial charge in [0, 0.05) is 18.1 Å². The van der Waals surface area contributed by atoms with Gasteiger partial charge in [-0.3, -0.25) is 0 Å². The zero-order valence-corrected chi connectivity index (χ0v) is 29.1. The van der Waals surface area contributed by atoms with E-state index in [2.05, 4.69) is 13.2 Å². The van der Waals surface area contributed by atoms with Gasteiger partial charge in [0.1, 0.15) is 23.4 Å². The van der Waals surface area contributed by atoms with E-state index in [9.17, 15) is 14.4 Å². The van der Waals surface area contributed by atoms with Crippen molar-refractivity contribution >= 4 is 17.9 Å². The number of cyclic esters (lactones) is 1. The van der Waals surface area contributed by atoms with Crippen LogP contribution in [0.5, 0.6) is 17.2 Å². The molecule has 3 aromatic carbocycles.